The number of rotatable bonds is 5. The molecule has 0 aromatic heterocycles. The molecule has 3 heteroatoms. The SMILES string of the molecule is CCNC(C)c1ccc(N(C)c2ccccc2C)cc1O. The van der Waals surface area contributed by atoms with E-state index in [2.05, 4.69) is 49.2 Å². The van der Waals surface area contributed by atoms with Crippen molar-refractivity contribution >= 4 is 11.4 Å². The summed E-state index contributed by atoms with van der Waals surface area (Å²) in [5.74, 6) is 0.335. The van der Waals surface area contributed by atoms with Crippen molar-refractivity contribution in [1.82, 2.24) is 5.32 Å². The molecule has 0 radical (unpaired) electrons. The molecule has 0 saturated carbocycles. The molecule has 0 amide bonds. The van der Waals surface area contributed by atoms with Crippen LogP contribution < -0.4 is 10.2 Å². The fourth-order valence-electron chi connectivity index (χ4n) is 2.60. The minimum absolute atomic E-state index is 0.146. The first kappa shape index (κ1) is 15.4. The zero-order valence-corrected chi connectivity index (χ0v) is 13.2. The van der Waals surface area contributed by atoms with Crippen molar-refractivity contribution in [3.63, 3.8) is 0 Å². The van der Waals surface area contributed by atoms with Gasteiger partial charge in [-0.1, -0.05) is 31.2 Å². The van der Waals surface area contributed by atoms with E-state index < -0.39 is 0 Å². The number of hydrogen-bond acceptors (Lipinski definition) is 3. The lowest BCUT2D eigenvalue weighted by atomic mass is 10.1. The molecule has 3 nitrogen and oxygen atoms in total. The van der Waals surface area contributed by atoms with Crippen LogP contribution in [0.5, 0.6) is 5.75 Å². The second kappa shape index (κ2) is 6.64. The van der Waals surface area contributed by atoms with E-state index in [1.807, 2.05) is 31.3 Å². The van der Waals surface area contributed by atoms with E-state index >= 15 is 0 Å². The van der Waals surface area contributed by atoms with Gasteiger partial charge in [-0.3, -0.25) is 0 Å². The van der Waals surface area contributed by atoms with Crippen LogP contribution in [0.15, 0.2) is 42.5 Å². The van der Waals surface area contributed by atoms with Gasteiger partial charge in [0.15, 0.2) is 0 Å². The summed E-state index contributed by atoms with van der Waals surface area (Å²) in [4.78, 5) is 2.09. The van der Waals surface area contributed by atoms with Crippen LogP contribution in [-0.4, -0.2) is 18.7 Å². The van der Waals surface area contributed by atoms with Crippen LogP contribution in [0.2, 0.25) is 0 Å². The molecule has 0 spiro atoms. The number of hydrogen-bond donors (Lipinski definition) is 2. The van der Waals surface area contributed by atoms with E-state index in [-0.39, 0.29) is 6.04 Å². The summed E-state index contributed by atoms with van der Waals surface area (Å²) >= 11 is 0. The van der Waals surface area contributed by atoms with E-state index in [9.17, 15) is 5.11 Å². The van der Waals surface area contributed by atoms with Crippen LogP contribution in [-0.2, 0) is 0 Å². The van der Waals surface area contributed by atoms with E-state index in [1.54, 1.807) is 0 Å². The molecule has 21 heavy (non-hydrogen) atoms. The number of anilines is 2. The molecule has 2 N–H and O–H groups in total. The van der Waals surface area contributed by atoms with Crippen molar-refractivity contribution in [2.75, 3.05) is 18.5 Å². The second-order valence-corrected chi connectivity index (χ2v) is 5.37. The van der Waals surface area contributed by atoms with Gasteiger partial charge in [-0.15, -0.1) is 0 Å². The van der Waals surface area contributed by atoms with Crippen LogP contribution in [0.4, 0.5) is 11.4 Å². The zero-order chi connectivity index (χ0) is 15.4. The molecular weight excluding hydrogens is 260 g/mol. The van der Waals surface area contributed by atoms with Gasteiger partial charge >= 0.3 is 0 Å². The molecule has 0 aliphatic carbocycles. The Hall–Kier alpha value is -2.00. The topological polar surface area (TPSA) is 35.5 Å². The minimum atomic E-state index is 0.146. The molecule has 112 valence electrons. The highest BCUT2D eigenvalue weighted by Gasteiger charge is 2.12. The summed E-state index contributed by atoms with van der Waals surface area (Å²) in [5.41, 5.74) is 4.27. The Labute approximate surface area is 127 Å². The largest absolute Gasteiger partial charge is 0.508 e. The predicted molar refractivity (Wildman–Crippen MR) is 89.4 cm³/mol. The van der Waals surface area contributed by atoms with Gasteiger partial charge in [-0.05, 0) is 38.1 Å². The van der Waals surface area contributed by atoms with Crippen LogP contribution in [0, 0.1) is 6.92 Å². The number of benzene rings is 2. The summed E-state index contributed by atoms with van der Waals surface area (Å²) in [6.45, 7) is 7.09. The molecule has 0 heterocycles. The van der Waals surface area contributed by atoms with E-state index in [0.717, 1.165) is 23.5 Å². The molecule has 0 saturated heterocycles. The molecule has 0 fully saturated rings. The monoisotopic (exact) mass is 284 g/mol. The van der Waals surface area contributed by atoms with Gasteiger partial charge < -0.3 is 15.3 Å². The summed E-state index contributed by atoms with van der Waals surface area (Å²) in [5, 5.41) is 13.6. The quantitative estimate of drug-likeness (QED) is 0.866. The molecule has 2 rings (SSSR count). The Kier molecular flexibility index (Phi) is 4.86. The molecule has 0 aliphatic rings. The summed E-state index contributed by atoms with van der Waals surface area (Å²) in [6, 6.07) is 14.3. The van der Waals surface area contributed by atoms with E-state index in [1.165, 1.54) is 5.56 Å². The van der Waals surface area contributed by atoms with E-state index in [0.29, 0.717) is 5.75 Å². The van der Waals surface area contributed by atoms with Crippen molar-refractivity contribution in [1.29, 1.82) is 0 Å². The summed E-state index contributed by atoms with van der Waals surface area (Å²) in [7, 11) is 2.02. The Balaban J connectivity index is 2.30. The Bertz CT molecular complexity index is 610. The highest BCUT2D eigenvalue weighted by molar-refractivity contribution is 5.67. The highest BCUT2D eigenvalue weighted by atomic mass is 16.3. The maximum atomic E-state index is 10.3. The first-order valence-corrected chi connectivity index (χ1v) is 7.40. The molecule has 2 aromatic carbocycles. The lowest BCUT2D eigenvalue weighted by molar-refractivity contribution is 0.455. The summed E-state index contributed by atoms with van der Waals surface area (Å²) < 4.78 is 0. The maximum absolute atomic E-state index is 10.3. The number of phenolic OH excluding ortho intramolecular Hbond substituents is 1. The minimum Gasteiger partial charge on any atom is -0.508 e. The third kappa shape index (κ3) is 3.37. The van der Waals surface area contributed by atoms with Gasteiger partial charge in [-0.2, -0.15) is 0 Å². The lowest BCUT2D eigenvalue weighted by Crippen LogP contribution is -2.18. The average Bonchev–Trinajstić information content (AvgIpc) is 2.47. The molecule has 2 aromatic rings. The first-order chi connectivity index (χ1) is 10.0. The van der Waals surface area contributed by atoms with Crippen LogP contribution >= 0.6 is 0 Å². The van der Waals surface area contributed by atoms with Gasteiger partial charge in [0.05, 0.1) is 0 Å². The molecule has 1 unspecified atom stereocenters. The molecular formula is C18H24N2O. The van der Waals surface area contributed by atoms with Gasteiger partial charge in [0, 0.05) is 36.1 Å². The number of nitrogens with zero attached hydrogens (tertiary/aromatic N) is 1. The zero-order valence-electron chi connectivity index (χ0n) is 13.2. The Morgan fingerprint density at radius 1 is 1.19 bits per heavy atom. The number of para-hydroxylation sites is 1. The lowest BCUT2D eigenvalue weighted by Gasteiger charge is -2.23. The maximum Gasteiger partial charge on any atom is 0.122 e. The summed E-state index contributed by atoms with van der Waals surface area (Å²) in [6.07, 6.45) is 0. The van der Waals surface area contributed by atoms with Crippen LogP contribution in [0.1, 0.15) is 31.0 Å². The van der Waals surface area contributed by atoms with Crippen molar-refractivity contribution in [2.24, 2.45) is 0 Å². The average molecular weight is 284 g/mol. The van der Waals surface area contributed by atoms with Crippen LogP contribution in [0.3, 0.4) is 0 Å². The Morgan fingerprint density at radius 2 is 1.90 bits per heavy atom. The molecule has 0 aliphatic heterocycles. The third-order valence-electron chi connectivity index (χ3n) is 3.85. The van der Waals surface area contributed by atoms with Crippen molar-refractivity contribution in [3.8, 4) is 5.75 Å². The number of aromatic hydroxyl groups is 1. The van der Waals surface area contributed by atoms with Gasteiger partial charge in [0.25, 0.3) is 0 Å². The van der Waals surface area contributed by atoms with Gasteiger partial charge in [-0.25, -0.2) is 0 Å². The van der Waals surface area contributed by atoms with Crippen molar-refractivity contribution in [2.45, 2.75) is 26.8 Å². The first-order valence-electron chi connectivity index (χ1n) is 7.40. The molecule has 0 bridgehead atoms. The standard InChI is InChI=1S/C18H24N2O/c1-5-19-14(3)16-11-10-15(12-18(16)21)20(4)17-9-7-6-8-13(17)2/h6-12,14,19,21H,5H2,1-4H3. The third-order valence-corrected chi connectivity index (χ3v) is 3.85. The normalized spacial score (nSPS) is 12.2. The smallest absolute Gasteiger partial charge is 0.122 e. The van der Waals surface area contributed by atoms with Crippen molar-refractivity contribution in [3.05, 3.63) is 53.6 Å². The van der Waals surface area contributed by atoms with Gasteiger partial charge in [0.1, 0.15) is 5.75 Å². The second-order valence-electron chi connectivity index (χ2n) is 5.37. The molecule has 1 atom stereocenters. The van der Waals surface area contributed by atoms with Crippen molar-refractivity contribution < 1.29 is 5.11 Å². The highest BCUT2D eigenvalue weighted by Crippen LogP contribution is 2.32. The fraction of sp³-hybridized carbons (Fsp3) is 0.333. The number of phenols is 1. The van der Waals surface area contributed by atoms with E-state index in [4.69, 9.17) is 0 Å². The Morgan fingerprint density at radius 3 is 2.52 bits per heavy atom. The predicted octanol–water partition coefficient (Wildman–Crippen LogP) is 4.14. The van der Waals surface area contributed by atoms with Gasteiger partial charge in [0.2, 0.25) is 0 Å². The number of nitrogens with one attached hydrogen (secondary N) is 1. The van der Waals surface area contributed by atoms with Crippen LogP contribution in [0.25, 0.3) is 0 Å². The fourth-order valence-corrected chi connectivity index (χ4v) is 2.60. The number of aryl methyl sites for hydroxylation is 1.